The van der Waals surface area contributed by atoms with Gasteiger partial charge in [-0.3, -0.25) is 0 Å². The Morgan fingerprint density at radius 2 is 1.72 bits per heavy atom. The average Bonchev–Trinajstić information content (AvgIpc) is 2.90. The van der Waals surface area contributed by atoms with Gasteiger partial charge < -0.3 is 4.12 Å². The predicted molar refractivity (Wildman–Crippen MR) is 81.1 cm³/mol. The van der Waals surface area contributed by atoms with Crippen molar-refractivity contribution in [2.75, 3.05) is 0 Å². The first-order valence-electron chi connectivity index (χ1n) is 7.28. The molecule has 1 saturated carbocycles. The van der Waals surface area contributed by atoms with Gasteiger partial charge in [0.25, 0.3) is 0 Å². The van der Waals surface area contributed by atoms with E-state index in [0.29, 0.717) is 0 Å². The Labute approximate surface area is 112 Å². The van der Waals surface area contributed by atoms with Gasteiger partial charge in [0.2, 0.25) is 16.6 Å². The van der Waals surface area contributed by atoms with E-state index in [0.717, 1.165) is 11.8 Å². The van der Waals surface area contributed by atoms with Crippen LogP contribution in [0.5, 0.6) is 0 Å². The van der Waals surface area contributed by atoms with Crippen LogP contribution in [0, 0.1) is 0 Å². The molecule has 2 atom stereocenters. The van der Waals surface area contributed by atoms with Crippen LogP contribution in [0.2, 0.25) is 26.2 Å². The third-order valence-corrected chi connectivity index (χ3v) is 13.1. The normalized spacial score (nSPS) is 33.6. The van der Waals surface area contributed by atoms with Crippen molar-refractivity contribution >= 4 is 27.0 Å². The number of hydrogen-bond donors (Lipinski definition) is 0. The monoisotopic (exact) mass is 274 g/mol. The first-order valence-corrected chi connectivity index (χ1v) is 13.1. The molecule has 1 aliphatic heterocycles. The van der Waals surface area contributed by atoms with Gasteiger partial charge in [0.1, 0.15) is 0 Å². The van der Waals surface area contributed by atoms with E-state index in [1.54, 1.807) is 21.5 Å². The molecule has 1 heterocycles. The maximum Gasteiger partial charge on any atom is 0.206 e. The standard InChI is InChI=1S/C15H22OSi2/c1-17(2)13-8-7-12-10-5-6-11(9-10)14(12)15(13)18(3,4)16-17/h7-8,10-11H,5-6,9H2,1-4H3/t10-,11+/m1/s1. The maximum absolute atomic E-state index is 6.62. The molecule has 18 heavy (non-hydrogen) atoms. The first-order chi connectivity index (χ1) is 8.40. The second-order valence-corrected chi connectivity index (χ2v) is 15.2. The largest absolute Gasteiger partial charge is 0.449 e. The summed E-state index contributed by atoms with van der Waals surface area (Å²) in [6, 6.07) is 4.88. The van der Waals surface area contributed by atoms with Crippen LogP contribution in [0.25, 0.3) is 0 Å². The highest BCUT2D eigenvalue weighted by Crippen LogP contribution is 2.53. The van der Waals surface area contributed by atoms with Crippen LogP contribution >= 0.6 is 0 Å². The van der Waals surface area contributed by atoms with Gasteiger partial charge in [-0.1, -0.05) is 12.1 Å². The zero-order valence-electron chi connectivity index (χ0n) is 11.8. The van der Waals surface area contributed by atoms with E-state index < -0.39 is 16.6 Å². The van der Waals surface area contributed by atoms with Gasteiger partial charge in [0, 0.05) is 0 Å². The molecule has 2 bridgehead atoms. The fraction of sp³-hybridized carbons (Fsp3) is 0.600. The number of benzene rings is 1. The van der Waals surface area contributed by atoms with Gasteiger partial charge in [-0.05, 0) is 78.8 Å². The molecule has 0 amide bonds. The lowest BCUT2D eigenvalue weighted by Crippen LogP contribution is -2.47. The summed E-state index contributed by atoms with van der Waals surface area (Å²) in [5.41, 5.74) is 3.46. The summed E-state index contributed by atoms with van der Waals surface area (Å²) in [5.74, 6) is 1.75. The third kappa shape index (κ3) is 1.25. The molecule has 0 radical (unpaired) electrons. The van der Waals surface area contributed by atoms with Crippen molar-refractivity contribution in [3.05, 3.63) is 23.3 Å². The second-order valence-electron chi connectivity index (χ2n) is 7.32. The van der Waals surface area contributed by atoms with E-state index in [-0.39, 0.29) is 0 Å². The lowest BCUT2D eigenvalue weighted by atomic mass is 9.92. The minimum Gasteiger partial charge on any atom is -0.449 e. The Hall–Kier alpha value is -0.386. The topological polar surface area (TPSA) is 9.23 Å². The fourth-order valence-corrected chi connectivity index (χ4v) is 15.6. The van der Waals surface area contributed by atoms with Crippen LogP contribution in [0.4, 0.5) is 0 Å². The van der Waals surface area contributed by atoms with Gasteiger partial charge >= 0.3 is 0 Å². The Balaban J connectivity index is 2.03. The molecule has 0 spiro atoms. The summed E-state index contributed by atoms with van der Waals surface area (Å²) in [6.45, 7) is 9.60. The van der Waals surface area contributed by atoms with Crippen molar-refractivity contribution in [3.8, 4) is 0 Å². The molecule has 2 aliphatic carbocycles. The van der Waals surface area contributed by atoms with Crippen molar-refractivity contribution < 1.29 is 4.12 Å². The van der Waals surface area contributed by atoms with Crippen LogP contribution in [0.3, 0.4) is 0 Å². The second kappa shape index (κ2) is 3.19. The van der Waals surface area contributed by atoms with Gasteiger partial charge in [0.15, 0.2) is 0 Å². The number of hydrogen-bond acceptors (Lipinski definition) is 1. The van der Waals surface area contributed by atoms with E-state index in [9.17, 15) is 0 Å². The van der Waals surface area contributed by atoms with Crippen molar-refractivity contribution in [1.29, 1.82) is 0 Å². The Kier molecular flexibility index (Phi) is 2.03. The molecular weight excluding hydrogens is 252 g/mol. The molecule has 1 nitrogen and oxygen atoms in total. The van der Waals surface area contributed by atoms with Crippen molar-refractivity contribution in [3.63, 3.8) is 0 Å². The van der Waals surface area contributed by atoms with E-state index in [1.165, 1.54) is 19.3 Å². The lowest BCUT2D eigenvalue weighted by molar-refractivity contribution is 0.582. The minimum absolute atomic E-state index is 0.873. The number of rotatable bonds is 0. The maximum atomic E-state index is 6.62. The molecule has 1 aromatic carbocycles. The molecule has 96 valence electrons. The summed E-state index contributed by atoms with van der Waals surface area (Å²) in [5, 5.41) is 3.36. The zero-order valence-corrected chi connectivity index (χ0v) is 13.8. The van der Waals surface area contributed by atoms with E-state index in [4.69, 9.17) is 4.12 Å². The highest BCUT2D eigenvalue weighted by atomic mass is 28.4. The smallest absolute Gasteiger partial charge is 0.206 e. The van der Waals surface area contributed by atoms with Gasteiger partial charge in [-0.15, -0.1) is 0 Å². The Morgan fingerprint density at radius 1 is 1.00 bits per heavy atom. The molecule has 0 aromatic heterocycles. The van der Waals surface area contributed by atoms with Crippen LogP contribution < -0.4 is 10.4 Å². The van der Waals surface area contributed by atoms with Gasteiger partial charge in [-0.2, -0.15) is 0 Å². The van der Waals surface area contributed by atoms with E-state index in [1.807, 2.05) is 0 Å². The van der Waals surface area contributed by atoms with Crippen LogP contribution in [-0.2, 0) is 4.12 Å². The van der Waals surface area contributed by atoms with E-state index in [2.05, 4.69) is 38.3 Å². The Morgan fingerprint density at radius 3 is 2.50 bits per heavy atom. The fourth-order valence-electron chi connectivity index (χ4n) is 4.85. The first kappa shape index (κ1) is 11.4. The molecule has 0 saturated heterocycles. The molecular formula is C15H22OSi2. The van der Waals surface area contributed by atoms with Crippen LogP contribution in [-0.4, -0.2) is 16.6 Å². The quantitative estimate of drug-likeness (QED) is 0.661. The van der Waals surface area contributed by atoms with Crippen molar-refractivity contribution in [1.82, 2.24) is 0 Å². The molecule has 1 aromatic rings. The molecule has 3 aliphatic rings. The summed E-state index contributed by atoms with van der Waals surface area (Å²) in [6.07, 6.45) is 4.29. The van der Waals surface area contributed by atoms with Crippen molar-refractivity contribution in [2.45, 2.75) is 57.3 Å². The summed E-state index contributed by atoms with van der Waals surface area (Å²) in [7, 11) is -3.23. The highest BCUT2D eigenvalue weighted by molar-refractivity contribution is 7.06. The number of fused-ring (bicyclic) bond motifs is 7. The summed E-state index contributed by atoms with van der Waals surface area (Å²) in [4.78, 5) is 0. The molecule has 4 rings (SSSR count). The minimum atomic E-state index is -1.63. The molecule has 1 fully saturated rings. The van der Waals surface area contributed by atoms with Gasteiger partial charge in [0.05, 0.1) is 0 Å². The lowest BCUT2D eigenvalue weighted by Gasteiger charge is -2.25. The average molecular weight is 275 g/mol. The SMILES string of the molecule is C[Si]1(C)O[Si](C)(C)c2c1ccc1c2[C@H]2CC[C@@H]1C2. The predicted octanol–water partition coefficient (Wildman–Crippen LogP) is 2.91. The molecule has 0 N–H and O–H groups in total. The summed E-state index contributed by atoms with van der Waals surface area (Å²) >= 11 is 0. The zero-order chi connectivity index (χ0) is 12.7. The van der Waals surface area contributed by atoms with Gasteiger partial charge in [-0.25, -0.2) is 0 Å². The Bertz CT molecular complexity index is 548. The molecule has 0 unspecified atom stereocenters. The van der Waals surface area contributed by atoms with Crippen LogP contribution in [0.15, 0.2) is 12.1 Å². The van der Waals surface area contributed by atoms with Crippen LogP contribution in [0.1, 0.15) is 42.2 Å². The summed E-state index contributed by atoms with van der Waals surface area (Å²) < 4.78 is 6.62. The van der Waals surface area contributed by atoms with Crippen molar-refractivity contribution in [2.24, 2.45) is 0 Å². The van der Waals surface area contributed by atoms with E-state index >= 15 is 0 Å². The highest BCUT2D eigenvalue weighted by Gasteiger charge is 2.51. The third-order valence-electron chi connectivity index (χ3n) is 5.32. The molecule has 3 heteroatoms.